The summed E-state index contributed by atoms with van der Waals surface area (Å²) in [6.45, 7) is 5.22. The Morgan fingerprint density at radius 2 is 1.90 bits per heavy atom. The van der Waals surface area contributed by atoms with E-state index < -0.39 is 0 Å². The van der Waals surface area contributed by atoms with Crippen molar-refractivity contribution >= 4 is 11.6 Å². The van der Waals surface area contributed by atoms with Crippen LogP contribution >= 0.6 is 11.6 Å². The molecule has 0 fully saturated rings. The second kappa shape index (κ2) is 7.49. The van der Waals surface area contributed by atoms with E-state index in [9.17, 15) is 0 Å². The molecule has 1 atom stereocenters. The summed E-state index contributed by atoms with van der Waals surface area (Å²) in [5.74, 6) is 1.15. The van der Waals surface area contributed by atoms with Gasteiger partial charge in [-0.15, -0.1) is 11.6 Å². The van der Waals surface area contributed by atoms with Crippen LogP contribution in [0.1, 0.15) is 30.8 Å². The molecule has 0 aliphatic carbocycles. The summed E-state index contributed by atoms with van der Waals surface area (Å²) in [6, 6.07) is 12.8. The van der Waals surface area contributed by atoms with Crippen molar-refractivity contribution in [3.05, 3.63) is 53.3 Å². The van der Waals surface area contributed by atoms with Gasteiger partial charge in [0.05, 0.1) is 5.69 Å². The van der Waals surface area contributed by atoms with Crippen molar-refractivity contribution in [1.29, 1.82) is 0 Å². The van der Waals surface area contributed by atoms with Crippen molar-refractivity contribution in [2.24, 2.45) is 5.92 Å². The van der Waals surface area contributed by atoms with Crippen molar-refractivity contribution in [3.8, 4) is 0 Å². The zero-order chi connectivity index (χ0) is 14.4. The average Bonchev–Trinajstić information content (AvgIpc) is 2.89. The zero-order valence-electron chi connectivity index (χ0n) is 12.3. The van der Waals surface area contributed by atoms with Gasteiger partial charge in [-0.25, -0.2) is 0 Å². The quantitative estimate of drug-likeness (QED) is 0.702. The Balaban J connectivity index is 2.08. The molecule has 1 heterocycles. The second-order valence-electron chi connectivity index (χ2n) is 5.21. The van der Waals surface area contributed by atoms with E-state index in [1.54, 1.807) is 0 Å². The molecule has 1 aromatic carbocycles. The molecule has 2 rings (SSSR count). The monoisotopic (exact) mass is 290 g/mol. The average molecular weight is 291 g/mol. The first-order chi connectivity index (χ1) is 9.76. The van der Waals surface area contributed by atoms with E-state index in [-0.39, 0.29) is 0 Å². The number of halogens is 1. The molecule has 0 saturated carbocycles. The standard InChI is InChI=1S/C17H23ClN2/c1-3-16-12-17(20(4-2)19-16)11-15(13-18)10-14-8-6-5-7-9-14/h5-9,12,15H,3-4,10-11,13H2,1-2H3. The van der Waals surface area contributed by atoms with Crippen LogP contribution in [0.15, 0.2) is 36.4 Å². The first-order valence-corrected chi connectivity index (χ1v) is 7.95. The molecule has 2 aromatic rings. The first-order valence-electron chi connectivity index (χ1n) is 7.42. The van der Waals surface area contributed by atoms with Gasteiger partial charge in [0.15, 0.2) is 0 Å². The molecule has 1 unspecified atom stereocenters. The molecule has 0 aliphatic rings. The van der Waals surface area contributed by atoms with Crippen LogP contribution < -0.4 is 0 Å². The molecule has 3 heteroatoms. The fourth-order valence-corrected chi connectivity index (χ4v) is 2.77. The van der Waals surface area contributed by atoms with Crippen LogP contribution in [0.25, 0.3) is 0 Å². The van der Waals surface area contributed by atoms with Crippen LogP contribution in [0.3, 0.4) is 0 Å². The number of benzene rings is 1. The number of aromatic nitrogens is 2. The molecule has 0 amide bonds. The van der Waals surface area contributed by atoms with Crippen molar-refractivity contribution in [1.82, 2.24) is 9.78 Å². The number of hydrogen-bond acceptors (Lipinski definition) is 1. The van der Waals surface area contributed by atoms with Crippen molar-refractivity contribution < 1.29 is 0 Å². The van der Waals surface area contributed by atoms with E-state index in [4.69, 9.17) is 11.6 Å². The highest BCUT2D eigenvalue weighted by atomic mass is 35.5. The predicted octanol–water partition coefficient (Wildman–Crippen LogP) is 4.11. The molecule has 0 aliphatic heterocycles. The summed E-state index contributed by atoms with van der Waals surface area (Å²) >= 11 is 6.17. The molecule has 0 spiro atoms. The van der Waals surface area contributed by atoms with Gasteiger partial charge in [-0.05, 0) is 43.7 Å². The van der Waals surface area contributed by atoms with Crippen LogP contribution in [-0.2, 0) is 25.8 Å². The number of aryl methyl sites for hydroxylation is 2. The maximum absolute atomic E-state index is 6.17. The molecule has 2 nitrogen and oxygen atoms in total. The summed E-state index contributed by atoms with van der Waals surface area (Å²) in [5, 5.41) is 4.62. The lowest BCUT2D eigenvalue weighted by molar-refractivity contribution is 0.531. The van der Waals surface area contributed by atoms with Gasteiger partial charge in [0.25, 0.3) is 0 Å². The maximum atomic E-state index is 6.17. The highest BCUT2D eigenvalue weighted by Crippen LogP contribution is 2.17. The lowest BCUT2D eigenvalue weighted by atomic mass is 9.96. The SMILES string of the molecule is CCc1cc(CC(CCl)Cc2ccccc2)n(CC)n1. The molecular weight excluding hydrogens is 268 g/mol. The third kappa shape index (κ3) is 3.86. The molecule has 0 bridgehead atoms. The highest BCUT2D eigenvalue weighted by molar-refractivity contribution is 6.18. The lowest BCUT2D eigenvalue weighted by Crippen LogP contribution is -2.13. The van der Waals surface area contributed by atoms with Gasteiger partial charge in [0.1, 0.15) is 0 Å². The molecule has 0 radical (unpaired) electrons. The fourth-order valence-electron chi connectivity index (χ4n) is 2.55. The Kier molecular flexibility index (Phi) is 5.66. The van der Waals surface area contributed by atoms with E-state index >= 15 is 0 Å². The maximum Gasteiger partial charge on any atom is 0.0624 e. The van der Waals surface area contributed by atoms with Gasteiger partial charge in [-0.1, -0.05) is 37.3 Å². The number of nitrogens with zero attached hydrogens (tertiary/aromatic N) is 2. The van der Waals surface area contributed by atoms with Crippen LogP contribution in [0.2, 0.25) is 0 Å². The Morgan fingerprint density at radius 1 is 1.15 bits per heavy atom. The summed E-state index contributed by atoms with van der Waals surface area (Å²) < 4.78 is 2.11. The van der Waals surface area contributed by atoms with Crippen LogP contribution in [-0.4, -0.2) is 15.7 Å². The van der Waals surface area contributed by atoms with Gasteiger partial charge in [0.2, 0.25) is 0 Å². The summed E-state index contributed by atoms with van der Waals surface area (Å²) in [7, 11) is 0. The largest absolute Gasteiger partial charge is 0.270 e. The summed E-state index contributed by atoms with van der Waals surface area (Å²) in [4.78, 5) is 0. The van der Waals surface area contributed by atoms with Gasteiger partial charge < -0.3 is 0 Å². The fraction of sp³-hybridized carbons (Fsp3) is 0.471. The Hall–Kier alpha value is -1.28. The molecule has 108 valence electrons. The van der Waals surface area contributed by atoms with Gasteiger partial charge in [0, 0.05) is 18.1 Å². The predicted molar refractivity (Wildman–Crippen MR) is 85.3 cm³/mol. The third-order valence-corrected chi connectivity index (χ3v) is 4.10. The van der Waals surface area contributed by atoms with Gasteiger partial charge in [-0.2, -0.15) is 5.10 Å². The van der Waals surface area contributed by atoms with E-state index in [1.807, 2.05) is 0 Å². The topological polar surface area (TPSA) is 17.8 Å². The Labute approximate surface area is 126 Å². The van der Waals surface area contributed by atoms with Crippen molar-refractivity contribution in [2.75, 3.05) is 5.88 Å². The Morgan fingerprint density at radius 3 is 2.50 bits per heavy atom. The summed E-state index contributed by atoms with van der Waals surface area (Å²) in [6.07, 6.45) is 3.02. The number of alkyl halides is 1. The van der Waals surface area contributed by atoms with Crippen LogP contribution in [0.5, 0.6) is 0 Å². The van der Waals surface area contributed by atoms with Crippen LogP contribution in [0, 0.1) is 5.92 Å². The smallest absolute Gasteiger partial charge is 0.0624 e. The molecular formula is C17H23ClN2. The molecule has 1 aromatic heterocycles. The van der Waals surface area contributed by atoms with E-state index in [1.165, 1.54) is 17.0 Å². The third-order valence-electron chi connectivity index (χ3n) is 3.66. The molecule has 20 heavy (non-hydrogen) atoms. The van der Waals surface area contributed by atoms with Gasteiger partial charge in [-0.3, -0.25) is 4.68 Å². The summed E-state index contributed by atoms with van der Waals surface area (Å²) in [5.41, 5.74) is 3.84. The van der Waals surface area contributed by atoms with E-state index in [0.29, 0.717) is 11.8 Å². The second-order valence-corrected chi connectivity index (χ2v) is 5.52. The first kappa shape index (κ1) is 15.1. The van der Waals surface area contributed by atoms with E-state index in [2.05, 4.69) is 60.0 Å². The number of rotatable bonds is 7. The van der Waals surface area contributed by atoms with Crippen molar-refractivity contribution in [2.45, 2.75) is 39.7 Å². The minimum atomic E-state index is 0.464. The lowest BCUT2D eigenvalue weighted by Gasteiger charge is -2.14. The van der Waals surface area contributed by atoms with E-state index in [0.717, 1.165) is 25.8 Å². The minimum absolute atomic E-state index is 0.464. The van der Waals surface area contributed by atoms with Crippen LogP contribution in [0.4, 0.5) is 0 Å². The molecule has 0 N–H and O–H groups in total. The van der Waals surface area contributed by atoms with Crippen molar-refractivity contribution in [3.63, 3.8) is 0 Å². The highest BCUT2D eigenvalue weighted by Gasteiger charge is 2.14. The Bertz CT molecular complexity index is 519. The minimum Gasteiger partial charge on any atom is -0.270 e. The zero-order valence-corrected chi connectivity index (χ0v) is 13.1. The molecule has 0 saturated heterocycles. The normalized spacial score (nSPS) is 12.6. The van der Waals surface area contributed by atoms with Gasteiger partial charge >= 0.3 is 0 Å². The number of hydrogen-bond donors (Lipinski definition) is 0.